The van der Waals surface area contributed by atoms with Crippen LogP contribution < -0.4 is 0 Å². The standard InChI is InChI=1S/C16H14Cl2O2S/c1-11-7-9-12(10-8-11)16(18)14(17)15(16)21(19,20)13-5-3-2-4-6-13/h2-10,14-15H,1H3. The minimum absolute atomic E-state index is 0.260. The first-order valence-corrected chi connectivity index (χ1v) is 8.93. The van der Waals surface area contributed by atoms with Crippen molar-refractivity contribution >= 4 is 33.0 Å². The Hall–Kier alpha value is -1.03. The Morgan fingerprint density at radius 3 is 2.14 bits per heavy atom. The smallest absolute Gasteiger partial charge is 0.184 e. The van der Waals surface area contributed by atoms with E-state index in [4.69, 9.17) is 23.2 Å². The van der Waals surface area contributed by atoms with Gasteiger partial charge in [0.25, 0.3) is 0 Å². The lowest BCUT2D eigenvalue weighted by Crippen LogP contribution is -2.15. The molecule has 1 saturated carbocycles. The zero-order valence-corrected chi connectivity index (χ0v) is 13.7. The second-order valence-electron chi connectivity index (χ2n) is 5.31. The van der Waals surface area contributed by atoms with Gasteiger partial charge in [0.1, 0.15) is 10.1 Å². The Balaban J connectivity index is 2.00. The summed E-state index contributed by atoms with van der Waals surface area (Å²) in [6.45, 7) is 1.97. The molecule has 0 aromatic heterocycles. The first-order chi connectivity index (χ1) is 9.88. The van der Waals surface area contributed by atoms with Crippen molar-refractivity contribution in [3.8, 4) is 0 Å². The highest BCUT2D eigenvalue weighted by atomic mass is 35.5. The molecular formula is C16H14Cl2O2S. The maximum atomic E-state index is 12.7. The lowest BCUT2D eigenvalue weighted by Gasteiger charge is -2.10. The van der Waals surface area contributed by atoms with E-state index >= 15 is 0 Å². The minimum Gasteiger partial charge on any atom is -0.223 e. The van der Waals surface area contributed by atoms with E-state index in [0.717, 1.165) is 11.1 Å². The van der Waals surface area contributed by atoms with Crippen LogP contribution in [0.3, 0.4) is 0 Å². The van der Waals surface area contributed by atoms with Crippen molar-refractivity contribution in [2.24, 2.45) is 0 Å². The van der Waals surface area contributed by atoms with Gasteiger partial charge in [0, 0.05) is 0 Å². The Labute approximate surface area is 134 Å². The Kier molecular flexibility index (Phi) is 3.55. The van der Waals surface area contributed by atoms with Crippen LogP contribution in [0, 0.1) is 6.92 Å². The van der Waals surface area contributed by atoms with Crippen LogP contribution in [0.1, 0.15) is 11.1 Å². The number of benzene rings is 2. The highest BCUT2D eigenvalue weighted by molar-refractivity contribution is 7.92. The fraction of sp³-hybridized carbons (Fsp3) is 0.250. The van der Waals surface area contributed by atoms with Crippen LogP contribution in [0.5, 0.6) is 0 Å². The third kappa shape index (κ3) is 2.28. The Morgan fingerprint density at radius 2 is 1.57 bits per heavy atom. The van der Waals surface area contributed by atoms with Crippen molar-refractivity contribution in [1.82, 2.24) is 0 Å². The normalized spacial score (nSPS) is 28.3. The maximum absolute atomic E-state index is 12.7. The van der Waals surface area contributed by atoms with Crippen LogP contribution in [0.2, 0.25) is 0 Å². The molecule has 0 bridgehead atoms. The molecule has 1 fully saturated rings. The van der Waals surface area contributed by atoms with Gasteiger partial charge in [0.2, 0.25) is 0 Å². The van der Waals surface area contributed by atoms with Crippen molar-refractivity contribution in [2.75, 3.05) is 0 Å². The SMILES string of the molecule is Cc1ccc(C2(Cl)C(Cl)C2S(=O)(=O)c2ccccc2)cc1. The second-order valence-corrected chi connectivity index (χ2v) is 8.48. The molecule has 3 rings (SSSR count). The van der Waals surface area contributed by atoms with Crippen molar-refractivity contribution in [2.45, 2.75) is 27.3 Å². The molecule has 0 amide bonds. The van der Waals surface area contributed by atoms with Crippen molar-refractivity contribution < 1.29 is 8.42 Å². The van der Waals surface area contributed by atoms with E-state index in [2.05, 4.69) is 0 Å². The third-order valence-electron chi connectivity index (χ3n) is 3.87. The highest BCUT2D eigenvalue weighted by Crippen LogP contribution is 2.60. The predicted octanol–water partition coefficient (Wildman–Crippen LogP) is 3.89. The molecule has 1 aliphatic carbocycles. The summed E-state index contributed by atoms with van der Waals surface area (Å²) in [7, 11) is -3.54. The van der Waals surface area contributed by atoms with E-state index in [1.54, 1.807) is 30.3 Å². The molecule has 21 heavy (non-hydrogen) atoms. The summed E-state index contributed by atoms with van der Waals surface area (Å²) in [6, 6.07) is 15.8. The first kappa shape index (κ1) is 14.9. The molecule has 0 aliphatic heterocycles. The second kappa shape index (κ2) is 5.01. The van der Waals surface area contributed by atoms with E-state index in [1.807, 2.05) is 31.2 Å². The monoisotopic (exact) mass is 340 g/mol. The number of rotatable bonds is 3. The van der Waals surface area contributed by atoms with Gasteiger partial charge in [-0.3, -0.25) is 0 Å². The third-order valence-corrected chi connectivity index (χ3v) is 7.79. The lowest BCUT2D eigenvalue weighted by atomic mass is 10.1. The van der Waals surface area contributed by atoms with E-state index in [-0.39, 0.29) is 4.90 Å². The molecule has 0 spiro atoms. The van der Waals surface area contributed by atoms with Crippen LogP contribution in [-0.2, 0) is 14.7 Å². The van der Waals surface area contributed by atoms with Crippen molar-refractivity contribution in [3.05, 3.63) is 65.7 Å². The number of hydrogen-bond donors (Lipinski definition) is 0. The van der Waals surface area contributed by atoms with Gasteiger partial charge in [-0.15, -0.1) is 23.2 Å². The van der Waals surface area contributed by atoms with Gasteiger partial charge < -0.3 is 0 Å². The van der Waals surface area contributed by atoms with E-state index < -0.39 is 25.3 Å². The summed E-state index contributed by atoms with van der Waals surface area (Å²) in [5.74, 6) is 0. The summed E-state index contributed by atoms with van der Waals surface area (Å²) in [5.41, 5.74) is 1.84. The molecular weight excluding hydrogens is 327 g/mol. The lowest BCUT2D eigenvalue weighted by molar-refractivity contribution is 0.593. The fourth-order valence-corrected chi connectivity index (χ4v) is 6.25. The average Bonchev–Trinajstić information content (AvgIpc) is 3.04. The molecule has 1 aliphatic rings. The van der Waals surface area contributed by atoms with Crippen LogP contribution in [-0.4, -0.2) is 19.0 Å². The summed E-state index contributed by atoms with van der Waals surface area (Å²) in [5, 5.41) is -1.44. The molecule has 2 aromatic rings. The molecule has 2 nitrogen and oxygen atoms in total. The molecule has 0 heterocycles. The Morgan fingerprint density at radius 1 is 1.00 bits per heavy atom. The zero-order valence-electron chi connectivity index (χ0n) is 11.3. The van der Waals surface area contributed by atoms with E-state index in [0.29, 0.717) is 0 Å². The summed E-state index contributed by atoms with van der Waals surface area (Å²) < 4.78 is 25.4. The molecule has 110 valence electrons. The average molecular weight is 341 g/mol. The number of hydrogen-bond acceptors (Lipinski definition) is 2. The van der Waals surface area contributed by atoms with Gasteiger partial charge in [-0.2, -0.15) is 0 Å². The fourth-order valence-electron chi connectivity index (χ4n) is 2.56. The Bertz CT molecular complexity index is 757. The van der Waals surface area contributed by atoms with Gasteiger partial charge in [-0.1, -0.05) is 48.0 Å². The largest absolute Gasteiger partial charge is 0.223 e. The number of sulfone groups is 1. The first-order valence-electron chi connectivity index (χ1n) is 6.57. The molecule has 0 radical (unpaired) electrons. The molecule has 3 atom stereocenters. The highest BCUT2D eigenvalue weighted by Gasteiger charge is 2.70. The van der Waals surface area contributed by atoms with E-state index in [1.165, 1.54) is 0 Å². The minimum atomic E-state index is -3.54. The van der Waals surface area contributed by atoms with E-state index in [9.17, 15) is 8.42 Å². The molecule has 0 saturated heterocycles. The number of aryl methyl sites for hydroxylation is 1. The molecule has 0 N–H and O–H groups in total. The van der Waals surface area contributed by atoms with Gasteiger partial charge in [0.05, 0.1) is 10.3 Å². The summed E-state index contributed by atoms with van der Waals surface area (Å²) >= 11 is 12.8. The van der Waals surface area contributed by atoms with Crippen LogP contribution in [0.15, 0.2) is 59.5 Å². The summed E-state index contributed by atoms with van der Waals surface area (Å²) in [4.78, 5) is -0.792. The van der Waals surface area contributed by atoms with Gasteiger partial charge in [-0.25, -0.2) is 8.42 Å². The van der Waals surface area contributed by atoms with Crippen LogP contribution >= 0.6 is 23.2 Å². The topological polar surface area (TPSA) is 34.1 Å². The molecule has 5 heteroatoms. The van der Waals surface area contributed by atoms with Gasteiger partial charge >= 0.3 is 0 Å². The zero-order chi connectivity index (χ0) is 15.3. The summed E-state index contributed by atoms with van der Waals surface area (Å²) in [6.07, 6.45) is 0. The number of halogens is 2. The number of alkyl halides is 2. The molecule has 2 aromatic carbocycles. The van der Waals surface area contributed by atoms with Gasteiger partial charge in [0.15, 0.2) is 9.84 Å². The molecule has 3 unspecified atom stereocenters. The van der Waals surface area contributed by atoms with Crippen molar-refractivity contribution in [3.63, 3.8) is 0 Å². The maximum Gasteiger partial charge on any atom is 0.184 e. The predicted molar refractivity (Wildman–Crippen MR) is 85.8 cm³/mol. The van der Waals surface area contributed by atoms with Gasteiger partial charge in [-0.05, 0) is 24.6 Å². The van der Waals surface area contributed by atoms with Crippen molar-refractivity contribution in [1.29, 1.82) is 0 Å². The van der Waals surface area contributed by atoms with Crippen LogP contribution in [0.4, 0.5) is 0 Å². The quantitative estimate of drug-likeness (QED) is 0.794. The van der Waals surface area contributed by atoms with Crippen LogP contribution in [0.25, 0.3) is 0 Å².